The number of hydrogen-bond donors (Lipinski definition) is 1. The fourth-order valence-electron chi connectivity index (χ4n) is 3.02. The third-order valence-corrected chi connectivity index (χ3v) is 4.21. The van der Waals surface area contributed by atoms with Crippen molar-refractivity contribution in [1.29, 1.82) is 0 Å². The molecule has 0 aromatic heterocycles. The minimum atomic E-state index is -0.544. The van der Waals surface area contributed by atoms with Crippen molar-refractivity contribution in [2.24, 2.45) is 5.41 Å². The Morgan fingerprint density at radius 2 is 1.68 bits per heavy atom. The second-order valence-electron chi connectivity index (χ2n) is 7.58. The van der Waals surface area contributed by atoms with E-state index >= 15 is 0 Å². The topological polar surface area (TPSA) is 84.9 Å². The van der Waals surface area contributed by atoms with Crippen molar-refractivity contribution in [1.82, 2.24) is 10.2 Å². The van der Waals surface area contributed by atoms with Crippen LogP contribution in [0, 0.1) is 5.41 Å². The zero-order valence-corrected chi connectivity index (χ0v) is 16.1. The van der Waals surface area contributed by atoms with Gasteiger partial charge in [0.1, 0.15) is 5.60 Å². The number of ether oxygens (including phenoxy) is 2. The molecular formula is C18H32N2O5. The number of likely N-dealkylation sites (tertiary alicyclic amines) is 1. The summed E-state index contributed by atoms with van der Waals surface area (Å²) in [5.41, 5.74) is -1.01. The Labute approximate surface area is 150 Å². The van der Waals surface area contributed by atoms with Crippen LogP contribution in [-0.4, -0.2) is 54.7 Å². The summed E-state index contributed by atoms with van der Waals surface area (Å²) in [6, 6.07) is 0. The van der Waals surface area contributed by atoms with E-state index in [0.29, 0.717) is 39.1 Å². The number of esters is 1. The Hall–Kier alpha value is -1.79. The average molecular weight is 356 g/mol. The van der Waals surface area contributed by atoms with Gasteiger partial charge in [0, 0.05) is 26.1 Å². The summed E-state index contributed by atoms with van der Waals surface area (Å²) in [4.78, 5) is 37.9. The largest absolute Gasteiger partial charge is 0.466 e. The fraction of sp³-hybridized carbons (Fsp3) is 0.833. The molecule has 0 aromatic carbocycles. The Bertz CT molecular complexity index is 454. The highest BCUT2D eigenvalue weighted by molar-refractivity contribution is 5.78. The molecule has 1 N–H and O–H groups in total. The second kappa shape index (κ2) is 9.06. The smallest absolute Gasteiger partial charge is 0.410 e. The Morgan fingerprint density at radius 3 is 2.16 bits per heavy atom. The van der Waals surface area contributed by atoms with Gasteiger partial charge < -0.3 is 19.7 Å². The molecule has 7 heteroatoms. The normalized spacial score (nSPS) is 16.9. The molecule has 0 unspecified atom stereocenters. The number of amides is 2. The molecule has 1 saturated heterocycles. The summed E-state index contributed by atoms with van der Waals surface area (Å²) in [7, 11) is 0. The molecular weight excluding hydrogens is 324 g/mol. The van der Waals surface area contributed by atoms with E-state index in [1.165, 1.54) is 0 Å². The standard InChI is InChI=1S/C18H32N2O5/c1-6-19-14(21)12-18(13-15(22)24-7-2)8-10-20(11-9-18)16(23)25-17(3,4)5/h6-13H2,1-5H3,(H,19,21). The molecule has 7 nitrogen and oxygen atoms in total. The van der Waals surface area contributed by atoms with Crippen LogP contribution in [0.1, 0.15) is 60.3 Å². The third kappa shape index (κ3) is 7.32. The van der Waals surface area contributed by atoms with E-state index in [1.54, 1.807) is 11.8 Å². The first-order valence-corrected chi connectivity index (χ1v) is 9.01. The van der Waals surface area contributed by atoms with Gasteiger partial charge in [0.15, 0.2) is 0 Å². The SMILES string of the molecule is CCNC(=O)CC1(CC(=O)OCC)CCN(C(=O)OC(C)(C)C)CC1. The summed E-state index contributed by atoms with van der Waals surface area (Å²) < 4.78 is 10.5. The maximum absolute atomic E-state index is 12.2. The number of hydrogen-bond acceptors (Lipinski definition) is 5. The quantitative estimate of drug-likeness (QED) is 0.739. The van der Waals surface area contributed by atoms with E-state index < -0.39 is 11.0 Å². The van der Waals surface area contributed by atoms with Crippen LogP contribution in [0.3, 0.4) is 0 Å². The van der Waals surface area contributed by atoms with Crippen molar-refractivity contribution >= 4 is 18.0 Å². The van der Waals surface area contributed by atoms with Crippen molar-refractivity contribution in [3.63, 3.8) is 0 Å². The molecule has 2 amide bonds. The van der Waals surface area contributed by atoms with E-state index in [0.717, 1.165) is 0 Å². The molecule has 25 heavy (non-hydrogen) atoms. The fourth-order valence-corrected chi connectivity index (χ4v) is 3.02. The van der Waals surface area contributed by atoms with Crippen LogP contribution in [-0.2, 0) is 19.1 Å². The molecule has 0 spiro atoms. The van der Waals surface area contributed by atoms with Crippen LogP contribution < -0.4 is 5.32 Å². The molecule has 0 saturated carbocycles. The van der Waals surface area contributed by atoms with E-state index in [2.05, 4.69) is 5.32 Å². The zero-order chi connectivity index (χ0) is 19.1. The lowest BCUT2D eigenvalue weighted by molar-refractivity contribution is -0.147. The summed E-state index contributed by atoms with van der Waals surface area (Å²) >= 11 is 0. The number of rotatable bonds is 6. The molecule has 0 radical (unpaired) electrons. The van der Waals surface area contributed by atoms with E-state index in [1.807, 2.05) is 27.7 Å². The second-order valence-corrected chi connectivity index (χ2v) is 7.58. The van der Waals surface area contributed by atoms with Gasteiger partial charge in [0.25, 0.3) is 0 Å². The van der Waals surface area contributed by atoms with Crippen LogP contribution in [0.4, 0.5) is 4.79 Å². The Kier molecular flexibility index (Phi) is 7.70. The maximum atomic E-state index is 12.2. The summed E-state index contributed by atoms with van der Waals surface area (Å²) in [5, 5.41) is 2.79. The number of carbonyl (C=O) groups is 3. The van der Waals surface area contributed by atoms with Crippen molar-refractivity contribution in [2.45, 2.75) is 65.9 Å². The van der Waals surface area contributed by atoms with Crippen LogP contribution in [0.15, 0.2) is 0 Å². The average Bonchev–Trinajstić information content (AvgIpc) is 2.46. The molecule has 1 aliphatic rings. The number of nitrogens with one attached hydrogen (secondary N) is 1. The Morgan fingerprint density at radius 1 is 1.08 bits per heavy atom. The number of carbonyl (C=O) groups excluding carboxylic acids is 3. The molecule has 1 aliphatic heterocycles. The molecule has 0 aliphatic carbocycles. The first-order chi connectivity index (χ1) is 11.6. The summed E-state index contributed by atoms with van der Waals surface area (Å²) in [6.45, 7) is 10.9. The molecule has 0 bridgehead atoms. The number of nitrogens with zero attached hydrogens (tertiary/aromatic N) is 1. The third-order valence-electron chi connectivity index (χ3n) is 4.21. The lowest BCUT2D eigenvalue weighted by Crippen LogP contribution is -2.47. The zero-order valence-electron chi connectivity index (χ0n) is 16.1. The first-order valence-electron chi connectivity index (χ1n) is 9.01. The van der Waals surface area contributed by atoms with Gasteiger partial charge in [0.2, 0.25) is 5.91 Å². The lowest BCUT2D eigenvalue weighted by atomic mass is 9.73. The lowest BCUT2D eigenvalue weighted by Gasteiger charge is -2.41. The predicted molar refractivity (Wildman–Crippen MR) is 94.0 cm³/mol. The highest BCUT2D eigenvalue weighted by atomic mass is 16.6. The van der Waals surface area contributed by atoms with E-state index in [-0.39, 0.29) is 30.8 Å². The van der Waals surface area contributed by atoms with Gasteiger partial charge in [-0.2, -0.15) is 0 Å². The van der Waals surface area contributed by atoms with Gasteiger partial charge in [-0.3, -0.25) is 9.59 Å². The molecule has 0 aromatic rings. The molecule has 1 fully saturated rings. The van der Waals surface area contributed by atoms with Crippen LogP contribution >= 0.6 is 0 Å². The Balaban J connectivity index is 2.75. The van der Waals surface area contributed by atoms with Crippen molar-refractivity contribution in [3.8, 4) is 0 Å². The minimum absolute atomic E-state index is 0.0717. The van der Waals surface area contributed by atoms with Gasteiger partial charge in [-0.25, -0.2) is 4.79 Å². The first kappa shape index (κ1) is 21.3. The van der Waals surface area contributed by atoms with Gasteiger partial charge in [0.05, 0.1) is 13.0 Å². The van der Waals surface area contributed by atoms with Crippen LogP contribution in [0.5, 0.6) is 0 Å². The molecule has 0 atom stereocenters. The van der Waals surface area contributed by atoms with Crippen molar-refractivity contribution in [3.05, 3.63) is 0 Å². The van der Waals surface area contributed by atoms with Crippen molar-refractivity contribution in [2.75, 3.05) is 26.2 Å². The predicted octanol–water partition coefficient (Wildman–Crippen LogP) is 2.48. The maximum Gasteiger partial charge on any atom is 0.410 e. The minimum Gasteiger partial charge on any atom is -0.466 e. The highest BCUT2D eigenvalue weighted by Crippen LogP contribution is 2.39. The van der Waals surface area contributed by atoms with Crippen LogP contribution in [0.25, 0.3) is 0 Å². The number of piperidine rings is 1. The van der Waals surface area contributed by atoms with Crippen LogP contribution in [0.2, 0.25) is 0 Å². The molecule has 144 valence electrons. The highest BCUT2D eigenvalue weighted by Gasteiger charge is 2.40. The summed E-state index contributed by atoms with van der Waals surface area (Å²) in [6.07, 6.45) is 1.25. The van der Waals surface area contributed by atoms with E-state index in [4.69, 9.17) is 9.47 Å². The van der Waals surface area contributed by atoms with E-state index in [9.17, 15) is 14.4 Å². The van der Waals surface area contributed by atoms with Gasteiger partial charge in [-0.1, -0.05) is 0 Å². The summed E-state index contributed by atoms with van der Waals surface area (Å²) in [5.74, 6) is -0.366. The van der Waals surface area contributed by atoms with Crippen molar-refractivity contribution < 1.29 is 23.9 Å². The van der Waals surface area contributed by atoms with Gasteiger partial charge in [-0.15, -0.1) is 0 Å². The monoisotopic (exact) mass is 356 g/mol. The van der Waals surface area contributed by atoms with Gasteiger partial charge in [-0.05, 0) is 52.9 Å². The molecule has 1 rings (SSSR count). The molecule has 1 heterocycles. The van der Waals surface area contributed by atoms with Gasteiger partial charge >= 0.3 is 12.1 Å².